The summed E-state index contributed by atoms with van der Waals surface area (Å²) in [7, 11) is 0. The van der Waals surface area contributed by atoms with Gasteiger partial charge in [-0.1, -0.05) is 24.8 Å². The van der Waals surface area contributed by atoms with Crippen molar-refractivity contribution >= 4 is 41.0 Å². The summed E-state index contributed by atoms with van der Waals surface area (Å²) in [6, 6.07) is 6.92. The van der Waals surface area contributed by atoms with Crippen LogP contribution < -0.4 is 15.8 Å². The van der Waals surface area contributed by atoms with Crippen molar-refractivity contribution in [2.75, 3.05) is 0 Å². The van der Waals surface area contributed by atoms with Crippen molar-refractivity contribution in [1.29, 1.82) is 0 Å². The van der Waals surface area contributed by atoms with Crippen molar-refractivity contribution in [2.24, 2.45) is 0 Å². The van der Waals surface area contributed by atoms with Gasteiger partial charge in [0.15, 0.2) is 0 Å². The molecule has 1 N–H and O–H groups in total. The van der Waals surface area contributed by atoms with Crippen LogP contribution in [0.3, 0.4) is 0 Å². The molecule has 1 aliphatic heterocycles. The topological polar surface area (TPSA) is 68.5 Å². The van der Waals surface area contributed by atoms with Crippen molar-refractivity contribution in [3.63, 3.8) is 0 Å². The highest BCUT2D eigenvalue weighted by Crippen LogP contribution is 2.17. The minimum Gasteiger partial charge on any atom is -0.478 e. The smallest absolute Gasteiger partial charge is 0.336 e. The molecule has 0 aromatic heterocycles. The number of benzene rings is 2. The van der Waals surface area contributed by atoms with E-state index in [4.69, 9.17) is 0 Å². The Kier molecular flexibility index (Phi) is 2.64. The van der Waals surface area contributed by atoms with E-state index in [2.05, 4.69) is 11.9 Å². The molecule has 0 aliphatic carbocycles. The van der Waals surface area contributed by atoms with Gasteiger partial charge >= 0.3 is 5.97 Å². The number of fused-ring (bicyclic) bond motifs is 3. The lowest BCUT2D eigenvalue weighted by Gasteiger charge is -2.08. The van der Waals surface area contributed by atoms with Crippen LogP contribution in [0.2, 0.25) is 0 Å². The van der Waals surface area contributed by atoms with Gasteiger partial charge in [0.1, 0.15) is 0 Å². The van der Waals surface area contributed by atoms with Crippen LogP contribution in [0, 0.1) is 0 Å². The average Bonchev–Trinajstić information content (AvgIpc) is 2.45. The fraction of sp³-hybridized carbons (Fsp3) is 0. The van der Waals surface area contributed by atoms with Crippen LogP contribution in [0.4, 0.5) is 0 Å². The number of carboxylic acids is 1. The van der Waals surface area contributed by atoms with Gasteiger partial charge in [0.05, 0.1) is 5.56 Å². The van der Waals surface area contributed by atoms with Gasteiger partial charge in [-0.2, -0.15) is 0 Å². The van der Waals surface area contributed by atoms with Crippen LogP contribution in [0.25, 0.3) is 29.1 Å². The normalized spacial score (nSPS) is 12.9. The van der Waals surface area contributed by atoms with Gasteiger partial charge in [-0.3, -0.25) is 4.79 Å². The molecule has 97 valence electrons. The first-order valence-electron chi connectivity index (χ1n) is 5.99. The molecule has 1 heterocycles. The highest BCUT2D eigenvalue weighted by molar-refractivity contribution is 6.10. The highest BCUT2D eigenvalue weighted by atomic mass is 16.4. The standard InChI is InChI=1S/C16H10NO3/c1-2-9-3-4-11-12(5-9)14-8-17-15(18)7-10(14)6-13(11)16(19)20/h2-8H,1H2,(H,19,20). The molecular weight excluding hydrogens is 254 g/mol. The Labute approximate surface area is 114 Å². The van der Waals surface area contributed by atoms with Crippen molar-refractivity contribution in [1.82, 2.24) is 5.32 Å². The number of nitrogens with zero attached hydrogens (tertiary/aromatic N) is 1. The lowest BCUT2D eigenvalue weighted by Crippen LogP contribution is -2.34. The summed E-state index contributed by atoms with van der Waals surface area (Å²) < 4.78 is 0. The monoisotopic (exact) mass is 264 g/mol. The third kappa shape index (κ3) is 1.78. The van der Waals surface area contributed by atoms with Gasteiger partial charge in [-0.25, -0.2) is 10.1 Å². The second-order valence-corrected chi connectivity index (χ2v) is 4.48. The van der Waals surface area contributed by atoms with E-state index >= 15 is 0 Å². The van der Waals surface area contributed by atoms with Crippen LogP contribution in [0.1, 0.15) is 15.9 Å². The Morgan fingerprint density at radius 1 is 1.25 bits per heavy atom. The van der Waals surface area contributed by atoms with Crippen molar-refractivity contribution in [3.8, 4) is 0 Å². The Morgan fingerprint density at radius 2 is 2.05 bits per heavy atom. The predicted molar refractivity (Wildman–Crippen MR) is 76.3 cm³/mol. The maximum atomic E-state index is 11.4. The summed E-state index contributed by atoms with van der Waals surface area (Å²) in [4.78, 5) is 22.7. The molecule has 0 fully saturated rings. The van der Waals surface area contributed by atoms with Gasteiger partial charge < -0.3 is 5.11 Å². The Hall–Kier alpha value is -2.88. The largest absolute Gasteiger partial charge is 0.478 e. The summed E-state index contributed by atoms with van der Waals surface area (Å²) >= 11 is 0. The second-order valence-electron chi connectivity index (χ2n) is 4.48. The first-order chi connectivity index (χ1) is 9.60. The molecule has 4 heteroatoms. The van der Waals surface area contributed by atoms with Crippen molar-refractivity contribution in [3.05, 3.63) is 52.4 Å². The van der Waals surface area contributed by atoms with Gasteiger partial charge in [-0.05, 0) is 33.7 Å². The molecule has 3 rings (SSSR count). The Bertz CT molecular complexity index is 894. The van der Waals surface area contributed by atoms with E-state index in [-0.39, 0.29) is 11.5 Å². The number of amides is 1. The molecule has 0 spiro atoms. The number of carboxylic acid groups (broad SMARTS) is 1. The summed E-state index contributed by atoms with van der Waals surface area (Å²) in [5, 5.41) is 15.8. The predicted octanol–water partition coefficient (Wildman–Crippen LogP) is 0.844. The minimum absolute atomic E-state index is 0.175. The average molecular weight is 264 g/mol. The summed E-state index contributed by atoms with van der Waals surface area (Å²) in [6.07, 6.45) is 4.52. The molecule has 2 aromatic carbocycles. The third-order valence-electron chi connectivity index (χ3n) is 3.30. The Balaban J connectivity index is 2.56. The maximum absolute atomic E-state index is 11.4. The van der Waals surface area contributed by atoms with E-state index in [1.807, 2.05) is 12.1 Å². The van der Waals surface area contributed by atoms with E-state index in [0.717, 1.165) is 16.2 Å². The third-order valence-corrected chi connectivity index (χ3v) is 3.30. The van der Waals surface area contributed by atoms with Crippen LogP contribution in [-0.4, -0.2) is 17.0 Å². The number of rotatable bonds is 2. The van der Waals surface area contributed by atoms with Gasteiger partial charge in [0.2, 0.25) is 0 Å². The van der Waals surface area contributed by atoms with Crippen LogP contribution in [0.15, 0.2) is 30.8 Å². The van der Waals surface area contributed by atoms with E-state index < -0.39 is 5.97 Å². The molecule has 1 amide bonds. The molecule has 1 aliphatic rings. The quantitative estimate of drug-likeness (QED) is 0.874. The van der Waals surface area contributed by atoms with Crippen LogP contribution in [0.5, 0.6) is 0 Å². The van der Waals surface area contributed by atoms with Crippen molar-refractivity contribution < 1.29 is 14.7 Å². The molecule has 4 nitrogen and oxygen atoms in total. The number of hydrogen-bond acceptors (Lipinski definition) is 2. The molecular formula is C16H10NO3. The summed E-state index contributed by atoms with van der Waals surface area (Å²) in [6.45, 7) is 3.71. The van der Waals surface area contributed by atoms with Gasteiger partial charge in [0, 0.05) is 17.5 Å². The van der Waals surface area contributed by atoms with Crippen LogP contribution >= 0.6 is 0 Å². The second kappa shape index (κ2) is 4.35. The zero-order chi connectivity index (χ0) is 14.3. The van der Waals surface area contributed by atoms with Crippen LogP contribution in [-0.2, 0) is 4.79 Å². The molecule has 0 bridgehead atoms. The molecule has 2 aromatic rings. The van der Waals surface area contributed by atoms with Gasteiger partial charge in [0.25, 0.3) is 5.91 Å². The van der Waals surface area contributed by atoms with Crippen molar-refractivity contribution in [2.45, 2.75) is 0 Å². The van der Waals surface area contributed by atoms with E-state index in [1.54, 1.807) is 12.1 Å². The zero-order valence-electron chi connectivity index (χ0n) is 10.5. The first kappa shape index (κ1) is 12.2. The number of aromatic carboxylic acids is 1. The molecule has 0 atom stereocenters. The number of hydrogen-bond donors (Lipinski definition) is 1. The lowest BCUT2D eigenvalue weighted by molar-refractivity contribution is -0.114. The number of carbonyl (C=O) groups is 2. The van der Waals surface area contributed by atoms with E-state index in [0.29, 0.717) is 10.6 Å². The molecule has 1 radical (unpaired) electrons. The van der Waals surface area contributed by atoms with E-state index in [9.17, 15) is 14.7 Å². The molecule has 0 saturated carbocycles. The molecule has 0 unspecified atom stereocenters. The molecule has 0 saturated heterocycles. The van der Waals surface area contributed by atoms with Gasteiger partial charge in [-0.15, -0.1) is 0 Å². The summed E-state index contributed by atoms with van der Waals surface area (Å²) in [5.41, 5.74) is 1.06. The fourth-order valence-electron chi connectivity index (χ4n) is 2.35. The minimum atomic E-state index is -1.02. The maximum Gasteiger partial charge on any atom is 0.336 e. The summed E-state index contributed by atoms with van der Waals surface area (Å²) in [5.74, 6) is -1.40. The zero-order valence-corrected chi connectivity index (χ0v) is 10.5. The SMILES string of the molecule is C=Cc1ccc2c(C(=O)O)cc3c(c2c1)=C[N]C(=O)C=3. The Morgan fingerprint density at radius 3 is 2.75 bits per heavy atom. The van der Waals surface area contributed by atoms with E-state index in [1.165, 1.54) is 18.3 Å². The lowest BCUT2D eigenvalue weighted by atomic mass is 9.98. The first-order valence-corrected chi connectivity index (χ1v) is 5.99. The number of carbonyl (C=O) groups excluding carboxylic acids is 1. The fourth-order valence-corrected chi connectivity index (χ4v) is 2.35. The molecule has 20 heavy (non-hydrogen) atoms. The highest BCUT2D eigenvalue weighted by Gasteiger charge is 2.13.